The van der Waals surface area contributed by atoms with Gasteiger partial charge in [-0.1, -0.05) is 60.2 Å². The summed E-state index contributed by atoms with van der Waals surface area (Å²) in [7, 11) is -3.76. The van der Waals surface area contributed by atoms with Crippen LogP contribution in [-0.4, -0.2) is 30.2 Å². The zero-order chi connectivity index (χ0) is 26.7. The Morgan fingerprint density at radius 2 is 1.74 bits per heavy atom. The molecule has 0 N–H and O–H groups in total. The SMILES string of the molecule is CCN(Cc1ccccc1)S(=O)(=O)c1ccc(C(=O)N(Cc2ccco2)c2nc3ccc(Cl)cc3s2)cc1. The van der Waals surface area contributed by atoms with Crippen LogP contribution >= 0.6 is 22.9 Å². The number of carbonyl (C=O) groups excluding carboxylic acids is 1. The number of rotatable bonds is 9. The first-order valence-electron chi connectivity index (χ1n) is 11.9. The van der Waals surface area contributed by atoms with Crippen LogP contribution in [0.2, 0.25) is 5.02 Å². The van der Waals surface area contributed by atoms with Crippen LogP contribution in [0, 0.1) is 0 Å². The van der Waals surface area contributed by atoms with Gasteiger partial charge in [-0.05, 0) is 60.2 Å². The smallest absolute Gasteiger partial charge is 0.260 e. The Hall–Kier alpha value is -3.50. The Morgan fingerprint density at radius 3 is 2.42 bits per heavy atom. The average Bonchev–Trinajstić information content (AvgIpc) is 3.60. The highest BCUT2D eigenvalue weighted by Crippen LogP contribution is 2.32. The number of aromatic nitrogens is 1. The molecule has 5 aromatic rings. The van der Waals surface area contributed by atoms with Crippen molar-refractivity contribution < 1.29 is 17.6 Å². The zero-order valence-electron chi connectivity index (χ0n) is 20.5. The van der Waals surface area contributed by atoms with Gasteiger partial charge in [0.15, 0.2) is 5.13 Å². The highest BCUT2D eigenvalue weighted by Gasteiger charge is 2.26. The summed E-state index contributed by atoms with van der Waals surface area (Å²) in [4.78, 5) is 20.0. The minimum atomic E-state index is -3.76. The maximum absolute atomic E-state index is 13.7. The molecular formula is C28H24ClN3O4S2. The summed E-state index contributed by atoms with van der Waals surface area (Å²) in [5.41, 5.74) is 1.96. The quantitative estimate of drug-likeness (QED) is 0.201. The van der Waals surface area contributed by atoms with Crippen molar-refractivity contribution in [1.29, 1.82) is 0 Å². The largest absolute Gasteiger partial charge is 0.467 e. The van der Waals surface area contributed by atoms with Gasteiger partial charge < -0.3 is 4.42 Å². The predicted molar refractivity (Wildman–Crippen MR) is 150 cm³/mol. The Balaban J connectivity index is 1.43. The third-order valence-electron chi connectivity index (χ3n) is 6.00. The monoisotopic (exact) mass is 565 g/mol. The molecule has 0 unspecified atom stereocenters. The van der Waals surface area contributed by atoms with E-state index >= 15 is 0 Å². The number of halogens is 1. The molecule has 0 aliphatic rings. The van der Waals surface area contributed by atoms with Gasteiger partial charge in [-0.15, -0.1) is 0 Å². The normalized spacial score (nSPS) is 11.8. The van der Waals surface area contributed by atoms with E-state index < -0.39 is 10.0 Å². The summed E-state index contributed by atoms with van der Waals surface area (Å²) in [6, 6.07) is 24.4. The second kappa shape index (κ2) is 11.1. The van der Waals surface area contributed by atoms with Gasteiger partial charge in [-0.25, -0.2) is 13.4 Å². The Labute approximate surface area is 230 Å². The molecule has 0 fully saturated rings. The molecule has 0 saturated carbocycles. The number of sulfonamides is 1. The lowest BCUT2D eigenvalue weighted by atomic mass is 10.2. The molecule has 10 heteroatoms. The Kier molecular flexibility index (Phi) is 7.62. The highest BCUT2D eigenvalue weighted by molar-refractivity contribution is 7.89. The van der Waals surface area contributed by atoms with E-state index in [1.54, 1.807) is 31.4 Å². The molecule has 2 heterocycles. The number of furan rings is 1. The molecule has 0 saturated heterocycles. The van der Waals surface area contributed by atoms with Gasteiger partial charge in [0.1, 0.15) is 5.76 Å². The van der Waals surface area contributed by atoms with Crippen LogP contribution in [0.1, 0.15) is 28.6 Å². The summed E-state index contributed by atoms with van der Waals surface area (Å²) < 4.78 is 34.4. The van der Waals surface area contributed by atoms with E-state index in [0.717, 1.165) is 15.8 Å². The van der Waals surface area contributed by atoms with E-state index in [1.807, 2.05) is 42.5 Å². The van der Waals surface area contributed by atoms with E-state index in [4.69, 9.17) is 16.0 Å². The number of anilines is 1. The molecule has 0 spiro atoms. The number of hydrogen-bond acceptors (Lipinski definition) is 6. The van der Waals surface area contributed by atoms with E-state index in [-0.39, 0.29) is 23.9 Å². The van der Waals surface area contributed by atoms with Crippen LogP contribution < -0.4 is 4.90 Å². The number of fused-ring (bicyclic) bond motifs is 1. The van der Waals surface area contributed by atoms with Crippen molar-refractivity contribution in [1.82, 2.24) is 9.29 Å². The van der Waals surface area contributed by atoms with Gasteiger partial charge in [0.2, 0.25) is 10.0 Å². The standard InChI is InChI=1S/C28H24ClN3O4S2/c1-2-31(18-20-7-4-3-5-8-20)38(34,35)24-13-10-21(11-14-24)27(33)32(19-23-9-6-16-36-23)28-30-25-15-12-22(29)17-26(25)37-28/h3-17H,2,18-19H2,1H3. The average molecular weight is 566 g/mol. The summed E-state index contributed by atoms with van der Waals surface area (Å²) >= 11 is 7.49. The molecule has 194 valence electrons. The number of nitrogens with zero attached hydrogens (tertiary/aromatic N) is 3. The molecule has 0 aliphatic carbocycles. The maximum Gasteiger partial charge on any atom is 0.260 e. The van der Waals surface area contributed by atoms with Gasteiger partial charge in [0, 0.05) is 23.7 Å². The fraction of sp³-hybridized carbons (Fsp3) is 0.143. The minimum Gasteiger partial charge on any atom is -0.467 e. The third-order valence-corrected chi connectivity index (χ3v) is 9.21. The molecule has 5 rings (SSSR count). The van der Waals surface area contributed by atoms with Crippen LogP contribution in [-0.2, 0) is 23.1 Å². The molecule has 0 bridgehead atoms. The van der Waals surface area contributed by atoms with Gasteiger partial charge in [0.05, 0.1) is 27.9 Å². The molecule has 0 aliphatic heterocycles. The Bertz CT molecular complexity index is 1650. The number of benzene rings is 3. The number of thiazole rings is 1. The topological polar surface area (TPSA) is 83.7 Å². The van der Waals surface area contributed by atoms with Crippen LogP contribution in [0.25, 0.3) is 10.2 Å². The highest BCUT2D eigenvalue weighted by atomic mass is 35.5. The number of hydrogen-bond donors (Lipinski definition) is 0. The lowest BCUT2D eigenvalue weighted by Gasteiger charge is -2.21. The molecule has 7 nitrogen and oxygen atoms in total. The van der Waals surface area contributed by atoms with Gasteiger partial charge >= 0.3 is 0 Å². The van der Waals surface area contributed by atoms with Crippen LogP contribution in [0.4, 0.5) is 5.13 Å². The molecule has 0 radical (unpaired) electrons. The fourth-order valence-corrected chi connectivity index (χ4v) is 6.69. The summed E-state index contributed by atoms with van der Waals surface area (Å²) in [6.07, 6.45) is 1.55. The van der Waals surface area contributed by atoms with Crippen molar-refractivity contribution in [2.45, 2.75) is 24.9 Å². The van der Waals surface area contributed by atoms with Crippen LogP contribution in [0.5, 0.6) is 0 Å². The molecule has 38 heavy (non-hydrogen) atoms. The van der Waals surface area contributed by atoms with Crippen molar-refractivity contribution in [3.8, 4) is 0 Å². The fourth-order valence-electron chi connectivity index (χ4n) is 4.01. The van der Waals surface area contributed by atoms with E-state index in [0.29, 0.717) is 28.0 Å². The van der Waals surface area contributed by atoms with E-state index in [9.17, 15) is 13.2 Å². The van der Waals surface area contributed by atoms with Crippen LogP contribution in [0.15, 0.2) is 101 Å². The first-order valence-corrected chi connectivity index (χ1v) is 14.5. The summed E-state index contributed by atoms with van der Waals surface area (Å²) in [6.45, 7) is 2.55. The number of carbonyl (C=O) groups is 1. The second-order valence-electron chi connectivity index (χ2n) is 8.52. The van der Waals surface area contributed by atoms with Gasteiger partial charge in [-0.3, -0.25) is 9.69 Å². The maximum atomic E-state index is 13.7. The number of amides is 1. The van der Waals surface area contributed by atoms with Gasteiger partial charge in [0.25, 0.3) is 5.91 Å². The molecule has 0 atom stereocenters. The lowest BCUT2D eigenvalue weighted by Crippen LogP contribution is -2.31. The van der Waals surface area contributed by atoms with Crippen molar-refractivity contribution >= 4 is 54.2 Å². The van der Waals surface area contributed by atoms with Crippen molar-refractivity contribution in [3.05, 3.63) is 113 Å². The lowest BCUT2D eigenvalue weighted by molar-refractivity contribution is 0.0983. The molecule has 3 aromatic carbocycles. The van der Waals surface area contributed by atoms with Crippen molar-refractivity contribution in [2.24, 2.45) is 0 Å². The minimum absolute atomic E-state index is 0.124. The first kappa shape index (κ1) is 26.1. The van der Waals surface area contributed by atoms with Crippen molar-refractivity contribution in [3.63, 3.8) is 0 Å². The molecule has 1 amide bonds. The second-order valence-corrected chi connectivity index (χ2v) is 11.9. The predicted octanol–water partition coefficient (Wildman–Crippen LogP) is 6.60. The molecular weight excluding hydrogens is 542 g/mol. The third kappa shape index (κ3) is 5.51. The van der Waals surface area contributed by atoms with Crippen LogP contribution in [0.3, 0.4) is 0 Å². The zero-order valence-corrected chi connectivity index (χ0v) is 22.8. The van der Waals surface area contributed by atoms with Gasteiger partial charge in [-0.2, -0.15) is 4.31 Å². The van der Waals surface area contributed by atoms with Crippen molar-refractivity contribution in [2.75, 3.05) is 11.4 Å². The van der Waals surface area contributed by atoms with E-state index in [1.165, 1.54) is 44.8 Å². The first-order chi connectivity index (χ1) is 18.3. The Morgan fingerprint density at radius 1 is 0.974 bits per heavy atom. The van der Waals surface area contributed by atoms with E-state index in [2.05, 4.69) is 4.98 Å². The molecule has 2 aromatic heterocycles. The summed E-state index contributed by atoms with van der Waals surface area (Å²) in [5, 5.41) is 1.07. The summed E-state index contributed by atoms with van der Waals surface area (Å²) in [5.74, 6) is 0.265.